The molecule has 0 atom stereocenters. The molecule has 0 aromatic carbocycles. The van der Waals surface area contributed by atoms with Crippen molar-refractivity contribution in [2.75, 3.05) is 0 Å². The van der Waals surface area contributed by atoms with E-state index in [1.807, 2.05) is 0 Å². The number of hydrogen-bond acceptors (Lipinski definition) is 4. The van der Waals surface area contributed by atoms with Crippen LogP contribution in [0.25, 0.3) is 0 Å². The summed E-state index contributed by atoms with van der Waals surface area (Å²) in [5, 5.41) is 20.7. The van der Waals surface area contributed by atoms with Gasteiger partial charge in [0, 0.05) is 0 Å². The summed E-state index contributed by atoms with van der Waals surface area (Å²) in [5.41, 5.74) is 0. The molecule has 0 fully saturated rings. The Labute approximate surface area is 68.4 Å². The van der Waals surface area contributed by atoms with Crippen LogP contribution in [0.4, 0.5) is 0 Å². The summed E-state index contributed by atoms with van der Waals surface area (Å²) >= 11 is 0. The second-order valence-corrected chi connectivity index (χ2v) is 1.75. The highest BCUT2D eigenvalue weighted by Crippen LogP contribution is 2.01. The summed E-state index contributed by atoms with van der Waals surface area (Å²) in [6, 6.07) is 0. The van der Waals surface area contributed by atoms with Crippen LogP contribution in [0.3, 0.4) is 0 Å². The lowest BCUT2D eigenvalue weighted by atomic mass is 10.1. The van der Waals surface area contributed by atoms with Crippen LogP contribution in [-0.4, -0.2) is 11.6 Å². The van der Waals surface area contributed by atoms with E-state index in [0.717, 1.165) is 0 Å². The lowest BCUT2D eigenvalue weighted by Gasteiger charge is -2.16. The fraction of sp³-hybridized carbons (Fsp3) is 0. The molecule has 0 radical (unpaired) electrons. The number of carbonyl (C=O) groups is 2. The summed E-state index contributed by atoms with van der Waals surface area (Å²) in [6.07, 6.45) is 1.01. The lowest BCUT2D eigenvalue weighted by molar-refractivity contribution is -0.306. The van der Waals surface area contributed by atoms with E-state index in [-0.39, 0.29) is 12.3 Å². The first-order valence-electron chi connectivity index (χ1n) is 2.47. The van der Waals surface area contributed by atoms with E-state index in [1.54, 1.807) is 0 Å². The zero-order valence-electron chi connectivity index (χ0n) is 6.79. The first-order chi connectivity index (χ1) is 4.61. The average Bonchev–Trinajstić information content (AvgIpc) is 1.84. The second kappa shape index (κ2) is 4.27. The number of rotatable bonds is 0. The van der Waals surface area contributed by atoms with Gasteiger partial charge >= 0.3 is 0 Å². The topological polar surface area (TPSA) is 153 Å². The third-order valence-corrected chi connectivity index (χ3v) is 1.01. The molecule has 1 aliphatic carbocycles. The van der Waals surface area contributed by atoms with Gasteiger partial charge in [0.25, 0.3) is 0 Å². The van der Waals surface area contributed by atoms with E-state index in [4.69, 9.17) is 0 Å². The van der Waals surface area contributed by atoms with Crippen LogP contribution in [0.15, 0.2) is 23.7 Å². The highest BCUT2D eigenvalue weighted by atomic mass is 16.3. The van der Waals surface area contributed by atoms with Crippen molar-refractivity contribution in [2.24, 2.45) is 0 Å². The summed E-state index contributed by atoms with van der Waals surface area (Å²) in [4.78, 5) is 20.7. The Kier molecular flexibility index (Phi) is 4.61. The third kappa shape index (κ3) is 2.19. The minimum atomic E-state index is -0.926. The predicted molar refractivity (Wildman–Crippen MR) is 38.1 cm³/mol. The maximum atomic E-state index is 10.3. The molecule has 12 heavy (non-hydrogen) atoms. The third-order valence-electron chi connectivity index (χ3n) is 1.01. The molecular formula is C6H10N2O4. The molecule has 6 nitrogen and oxygen atoms in total. The summed E-state index contributed by atoms with van der Waals surface area (Å²) in [6.45, 7) is 0. The molecule has 0 spiro atoms. The first-order valence-corrected chi connectivity index (χ1v) is 2.47. The second-order valence-electron chi connectivity index (χ2n) is 1.75. The van der Waals surface area contributed by atoms with E-state index < -0.39 is 23.1 Å². The molecule has 1 aliphatic rings. The fourth-order valence-corrected chi connectivity index (χ4v) is 0.523. The highest BCUT2D eigenvalue weighted by Gasteiger charge is 2.05. The van der Waals surface area contributed by atoms with Crippen LogP contribution in [0, 0.1) is 0 Å². The van der Waals surface area contributed by atoms with Crippen LogP contribution in [-0.2, 0) is 9.59 Å². The van der Waals surface area contributed by atoms with Crippen molar-refractivity contribution >= 4 is 11.6 Å². The van der Waals surface area contributed by atoms with Gasteiger partial charge in [0.2, 0.25) is 0 Å². The van der Waals surface area contributed by atoms with Crippen molar-refractivity contribution < 1.29 is 19.8 Å². The fourth-order valence-electron chi connectivity index (χ4n) is 0.523. The molecule has 0 heterocycles. The number of allylic oxidation sites excluding steroid dienone is 2. The van der Waals surface area contributed by atoms with Crippen LogP contribution in [0.1, 0.15) is 0 Å². The van der Waals surface area contributed by atoms with Crippen LogP contribution in [0.2, 0.25) is 0 Å². The molecule has 0 saturated heterocycles. The smallest absolute Gasteiger partial charge is 0.170 e. The molecule has 0 saturated carbocycles. The van der Waals surface area contributed by atoms with Gasteiger partial charge in [-0.25, -0.2) is 0 Å². The maximum absolute atomic E-state index is 10.3. The molecular weight excluding hydrogens is 164 g/mol. The number of carbonyl (C=O) groups excluding carboxylic acids is 2. The Balaban J connectivity index is 0. The van der Waals surface area contributed by atoms with Crippen molar-refractivity contribution in [3.63, 3.8) is 0 Å². The minimum Gasteiger partial charge on any atom is -0.870 e. The molecule has 0 bridgehead atoms. The number of ketones is 2. The largest absolute Gasteiger partial charge is 0.870 e. The van der Waals surface area contributed by atoms with E-state index >= 15 is 0 Å². The van der Waals surface area contributed by atoms with Crippen LogP contribution >= 0.6 is 0 Å². The number of hydrogen-bond donors (Lipinski definition) is 2. The quantitative estimate of drug-likeness (QED) is 0.423. The molecule has 0 aromatic rings. The molecule has 1 rings (SSSR count). The Morgan fingerprint density at radius 2 is 1.08 bits per heavy atom. The van der Waals surface area contributed by atoms with Crippen LogP contribution < -0.4 is 22.5 Å². The lowest BCUT2D eigenvalue weighted by Crippen LogP contribution is -2.25. The molecule has 0 aromatic heterocycles. The molecule has 6 heteroatoms. The van der Waals surface area contributed by atoms with Gasteiger partial charge in [-0.2, -0.15) is 0 Å². The van der Waals surface area contributed by atoms with E-state index in [0.29, 0.717) is 12.2 Å². The molecule has 0 unspecified atom stereocenters. The first kappa shape index (κ1) is 13.0. The summed E-state index contributed by atoms with van der Waals surface area (Å²) in [5.74, 6) is -3.71. The Bertz CT molecular complexity index is 239. The van der Waals surface area contributed by atoms with Gasteiger partial charge in [0.05, 0.1) is 0 Å². The average molecular weight is 174 g/mol. The zero-order valence-corrected chi connectivity index (χ0v) is 6.79. The van der Waals surface area contributed by atoms with Crippen molar-refractivity contribution in [1.29, 1.82) is 0 Å². The van der Waals surface area contributed by atoms with Crippen molar-refractivity contribution in [3.8, 4) is 0 Å². The summed E-state index contributed by atoms with van der Waals surface area (Å²) < 4.78 is 0. The molecule has 0 aliphatic heterocycles. The Morgan fingerprint density at radius 1 is 0.833 bits per heavy atom. The SMILES string of the molecule is O=C1C=C([O-])C(=O)C=C1[O-].[NH4+].[NH4+]. The van der Waals surface area contributed by atoms with Crippen molar-refractivity contribution in [1.82, 2.24) is 12.3 Å². The van der Waals surface area contributed by atoms with E-state index in [1.165, 1.54) is 0 Å². The van der Waals surface area contributed by atoms with Crippen molar-refractivity contribution in [3.05, 3.63) is 23.7 Å². The number of quaternary nitrogens is 2. The predicted octanol–water partition coefficient (Wildman–Crippen LogP) is -1.62. The highest BCUT2D eigenvalue weighted by molar-refractivity contribution is 6.17. The minimum absolute atomic E-state index is 0. The Hall–Kier alpha value is -1.66. The normalized spacial score (nSPS) is 15.3. The summed E-state index contributed by atoms with van der Waals surface area (Å²) in [7, 11) is 0. The van der Waals surface area contributed by atoms with Gasteiger partial charge in [-0.05, 0) is 12.2 Å². The maximum Gasteiger partial charge on any atom is 0.170 e. The van der Waals surface area contributed by atoms with Crippen LogP contribution in [0.5, 0.6) is 0 Å². The zero-order chi connectivity index (χ0) is 7.72. The van der Waals surface area contributed by atoms with Gasteiger partial charge in [0.15, 0.2) is 11.6 Å². The van der Waals surface area contributed by atoms with Gasteiger partial charge < -0.3 is 22.5 Å². The molecule has 0 amide bonds. The molecule has 68 valence electrons. The van der Waals surface area contributed by atoms with Crippen molar-refractivity contribution in [2.45, 2.75) is 0 Å². The molecule has 8 N–H and O–H groups in total. The van der Waals surface area contributed by atoms with E-state index in [9.17, 15) is 19.8 Å². The van der Waals surface area contributed by atoms with Gasteiger partial charge in [-0.15, -0.1) is 0 Å². The Morgan fingerprint density at radius 3 is 1.33 bits per heavy atom. The monoisotopic (exact) mass is 174 g/mol. The van der Waals surface area contributed by atoms with Gasteiger partial charge in [0.1, 0.15) is 0 Å². The van der Waals surface area contributed by atoms with Gasteiger partial charge in [-0.1, -0.05) is 11.5 Å². The van der Waals surface area contributed by atoms with E-state index in [2.05, 4.69) is 0 Å². The van der Waals surface area contributed by atoms with Gasteiger partial charge in [-0.3, -0.25) is 9.59 Å². The standard InChI is InChI=1S/C6H4O4.2H3N/c7-3-1-4(8)6(10)2-5(3)9;;/h1-2,7,10H;2*1H3.